The molecular formula is C15H21ClO4. The van der Waals surface area contributed by atoms with Crippen molar-refractivity contribution in [1.82, 2.24) is 0 Å². The van der Waals surface area contributed by atoms with Crippen LogP contribution in [0.15, 0.2) is 18.2 Å². The van der Waals surface area contributed by atoms with Gasteiger partial charge in [0, 0.05) is 5.56 Å². The first-order chi connectivity index (χ1) is 9.27. The van der Waals surface area contributed by atoms with Crippen molar-refractivity contribution in [3.05, 3.63) is 28.8 Å². The van der Waals surface area contributed by atoms with E-state index < -0.39 is 6.29 Å². The van der Waals surface area contributed by atoms with Crippen molar-refractivity contribution in [3.63, 3.8) is 0 Å². The highest BCUT2D eigenvalue weighted by atomic mass is 35.5. The van der Waals surface area contributed by atoms with Crippen molar-refractivity contribution >= 4 is 11.6 Å². The molecule has 0 radical (unpaired) electrons. The quantitative estimate of drug-likeness (QED) is 0.927. The van der Waals surface area contributed by atoms with Crippen LogP contribution in [0.5, 0.6) is 5.75 Å². The van der Waals surface area contributed by atoms with Crippen molar-refractivity contribution in [2.45, 2.75) is 45.2 Å². The number of rotatable bonds is 4. The molecule has 1 heterocycles. The SMILES string of the molecule is CC1(C)OC(c2ccc(OCCO)c(Cl)c2)OC1(C)C. The van der Waals surface area contributed by atoms with Crippen LogP contribution in [-0.4, -0.2) is 29.5 Å². The van der Waals surface area contributed by atoms with E-state index in [-0.39, 0.29) is 24.4 Å². The average molecular weight is 301 g/mol. The first-order valence-electron chi connectivity index (χ1n) is 6.65. The smallest absolute Gasteiger partial charge is 0.185 e. The molecule has 4 nitrogen and oxygen atoms in total. The van der Waals surface area contributed by atoms with Gasteiger partial charge in [0.2, 0.25) is 0 Å². The molecular weight excluding hydrogens is 280 g/mol. The molecule has 1 aliphatic heterocycles. The second-order valence-corrected chi connectivity index (χ2v) is 6.26. The van der Waals surface area contributed by atoms with Crippen LogP contribution < -0.4 is 4.74 Å². The first-order valence-corrected chi connectivity index (χ1v) is 7.03. The van der Waals surface area contributed by atoms with Crippen LogP contribution >= 0.6 is 11.6 Å². The third-order valence-corrected chi connectivity index (χ3v) is 4.13. The molecule has 1 fully saturated rings. The Kier molecular flexibility index (Phi) is 4.30. The summed E-state index contributed by atoms with van der Waals surface area (Å²) in [6, 6.07) is 5.40. The van der Waals surface area contributed by atoms with E-state index in [2.05, 4.69) is 0 Å². The number of halogens is 1. The van der Waals surface area contributed by atoms with E-state index in [1.54, 1.807) is 12.1 Å². The van der Waals surface area contributed by atoms with E-state index in [1.165, 1.54) is 0 Å². The molecule has 0 saturated carbocycles. The molecule has 0 bridgehead atoms. The Bertz CT molecular complexity index is 469. The number of hydrogen-bond donors (Lipinski definition) is 1. The number of aliphatic hydroxyl groups excluding tert-OH is 1. The minimum atomic E-state index is -0.440. The molecule has 0 unspecified atom stereocenters. The van der Waals surface area contributed by atoms with Gasteiger partial charge in [-0.1, -0.05) is 17.7 Å². The molecule has 5 heteroatoms. The fourth-order valence-electron chi connectivity index (χ4n) is 1.92. The minimum Gasteiger partial charge on any atom is -0.490 e. The van der Waals surface area contributed by atoms with Crippen molar-refractivity contribution in [3.8, 4) is 5.75 Å². The Morgan fingerprint density at radius 3 is 2.30 bits per heavy atom. The molecule has 0 amide bonds. The van der Waals surface area contributed by atoms with Gasteiger partial charge in [0.05, 0.1) is 22.8 Å². The van der Waals surface area contributed by atoms with Crippen LogP contribution in [0, 0.1) is 0 Å². The van der Waals surface area contributed by atoms with Crippen molar-refractivity contribution in [1.29, 1.82) is 0 Å². The highest BCUT2D eigenvalue weighted by molar-refractivity contribution is 6.32. The van der Waals surface area contributed by atoms with Gasteiger partial charge in [0.1, 0.15) is 12.4 Å². The Morgan fingerprint density at radius 2 is 1.80 bits per heavy atom. The standard InChI is InChI=1S/C15H21ClO4/c1-14(2)15(3,4)20-13(19-14)10-5-6-12(11(16)9-10)18-8-7-17/h5-6,9,13,17H,7-8H2,1-4H3. The van der Waals surface area contributed by atoms with Gasteiger partial charge in [-0.2, -0.15) is 0 Å². The number of aliphatic hydroxyl groups is 1. The zero-order chi connectivity index (χ0) is 15.0. The Hall–Kier alpha value is -0.810. The third kappa shape index (κ3) is 2.93. The first kappa shape index (κ1) is 15.6. The van der Waals surface area contributed by atoms with Gasteiger partial charge >= 0.3 is 0 Å². The highest BCUT2D eigenvalue weighted by Crippen LogP contribution is 2.45. The van der Waals surface area contributed by atoms with Crippen molar-refractivity contribution in [2.75, 3.05) is 13.2 Å². The summed E-state index contributed by atoms with van der Waals surface area (Å²) in [6.07, 6.45) is -0.440. The topological polar surface area (TPSA) is 47.9 Å². The average Bonchev–Trinajstić information content (AvgIpc) is 2.57. The number of hydrogen-bond acceptors (Lipinski definition) is 4. The molecule has 0 aromatic heterocycles. The van der Waals surface area contributed by atoms with Gasteiger partial charge in [-0.05, 0) is 39.8 Å². The van der Waals surface area contributed by atoms with Crippen LogP contribution in [0.25, 0.3) is 0 Å². The van der Waals surface area contributed by atoms with Gasteiger partial charge in [-0.25, -0.2) is 0 Å². The molecule has 1 N–H and O–H groups in total. The van der Waals surface area contributed by atoms with E-state index in [4.69, 9.17) is 30.9 Å². The van der Waals surface area contributed by atoms with Crippen LogP contribution in [0.2, 0.25) is 5.02 Å². The van der Waals surface area contributed by atoms with Gasteiger partial charge in [0.25, 0.3) is 0 Å². The maximum Gasteiger partial charge on any atom is 0.185 e. The van der Waals surface area contributed by atoms with E-state index in [0.717, 1.165) is 5.56 Å². The summed E-state index contributed by atoms with van der Waals surface area (Å²) in [6.45, 7) is 8.20. The van der Waals surface area contributed by atoms with Gasteiger partial charge < -0.3 is 19.3 Å². The van der Waals surface area contributed by atoms with E-state index in [0.29, 0.717) is 10.8 Å². The molecule has 2 rings (SSSR count). The maximum absolute atomic E-state index is 8.75. The third-order valence-electron chi connectivity index (χ3n) is 3.83. The molecule has 0 spiro atoms. The summed E-state index contributed by atoms with van der Waals surface area (Å²) >= 11 is 6.17. The lowest BCUT2D eigenvalue weighted by molar-refractivity contribution is -0.0895. The molecule has 0 aliphatic carbocycles. The zero-order valence-corrected chi connectivity index (χ0v) is 13.0. The highest BCUT2D eigenvalue weighted by Gasteiger charge is 2.49. The molecule has 0 atom stereocenters. The molecule has 1 aliphatic rings. The van der Waals surface area contributed by atoms with Crippen LogP contribution in [-0.2, 0) is 9.47 Å². The molecule has 112 valence electrons. The summed E-state index contributed by atoms with van der Waals surface area (Å²) < 4.78 is 17.3. The largest absolute Gasteiger partial charge is 0.490 e. The van der Waals surface area contributed by atoms with Gasteiger partial charge in [-0.15, -0.1) is 0 Å². The lowest BCUT2D eigenvalue weighted by atomic mass is 9.90. The number of benzene rings is 1. The monoisotopic (exact) mass is 300 g/mol. The lowest BCUT2D eigenvalue weighted by Gasteiger charge is -2.30. The van der Waals surface area contributed by atoms with Gasteiger partial charge in [-0.3, -0.25) is 0 Å². The molecule has 1 aromatic carbocycles. The second-order valence-electron chi connectivity index (χ2n) is 5.85. The predicted octanol–water partition coefficient (Wildman–Crippen LogP) is 3.31. The van der Waals surface area contributed by atoms with Crippen LogP contribution in [0.1, 0.15) is 39.5 Å². The normalized spacial score (nSPS) is 21.1. The Labute approximate surface area is 124 Å². The second kappa shape index (κ2) is 5.53. The maximum atomic E-state index is 8.75. The molecule has 1 aromatic rings. The van der Waals surface area contributed by atoms with E-state index >= 15 is 0 Å². The Balaban J connectivity index is 2.17. The van der Waals surface area contributed by atoms with Crippen molar-refractivity contribution in [2.24, 2.45) is 0 Å². The minimum absolute atomic E-state index is 0.0463. The lowest BCUT2D eigenvalue weighted by Crippen LogP contribution is -2.41. The summed E-state index contributed by atoms with van der Waals surface area (Å²) in [5.74, 6) is 0.543. The predicted molar refractivity (Wildman–Crippen MR) is 77.1 cm³/mol. The fraction of sp³-hybridized carbons (Fsp3) is 0.600. The summed E-state index contributed by atoms with van der Waals surface area (Å²) in [5, 5.41) is 9.23. The van der Waals surface area contributed by atoms with E-state index in [9.17, 15) is 0 Å². The summed E-state index contributed by atoms with van der Waals surface area (Å²) in [7, 11) is 0. The zero-order valence-electron chi connectivity index (χ0n) is 12.3. The molecule has 20 heavy (non-hydrogen) atoms. The molecule has 1 saturated heterocycles. The van der Waals surface area contributed by atoms with E-state index in [1.807, 2.05) is 33.8 Å². The summed E-state index contributed by atoms with van der Waals surface area (Å²) in [5.41, 5.74) is 0.0943. The number of ether oxygens (including phenoxy) is 3. The Morgan fingerprint density at radius 1 is 1.20 bits per heavy atom. The van der Waals surface area contributed by atoms with Crippen LogP contribution in [0.4, 0.5) is 0 Å². The van der Waals surface area contributed by atoms with Crippen molar-refractivity contribution < 1.29 is 19.3 Å². The van der Waals surface area contributed by atoms with Crippen LogP contribution in [0.3, 0.4) is 0 Å². The van der Waals surface area contributed by atoms with Gasteiger partial charge in [0.15, 0.2) is 6.29 Å². The summed E-state index contributed by atoms with van der Waals surface area (Å²) in [4.78, 5) is 0. The fourth-order valence-corrected chi connectivity index (χ4v) is 2.16.